The van der Waals surface area contributed by atoms with Crippen molar-refractivity contribution in [3.05, 3.63) is 58.9 Å². The van der Waals surface area contributed by atoms with Crippen LogP contribution in [-0.4, -0.2) is 29.8 Å². The largest absolute Gasteiger partial charge is 0.385 e. The fraction of sp³-hybridized carbons (Fsp3) is 0.462. The number of aromatic amines is 1. The number of halogens is 1. The number of anilines is 1. The van der Waals surface area contributed by atoms with Gasteiger partial charge in [-0.3, -0.25) is 4.79 Å². The standard InChI is InChI=1S/C26H34N4O.ClH/c31-26-24-15-6-5-14-23(24)25(29-30-26)21-12-9-13-22(18-21)28-17-8-2-7-16-27-19-20-10-3-1-4-11-20;/h5-6,9,12-15,18,20,27-28H,1-4,7-8,10-11,16-17,19H2,(H,30,31);1H. The molecule has 1 aliphatic rings. The van der Waals surface area contributed by atoms with Crippen molar-refractivity contribution in [1.29, 1.82) is 0 Å². The van der Waals surface area contributed by atoms with Gasteiger partial charge < -0.3 is 10.6 Å². The lowest BCUT2D eigenvalue weighted by Crippen LogP contribution is -2.25. The van der Waals surface area contributed by atoms with E-state index in [2.05, 4.69) is 33.0 Å². The van der Waals surface area contributed by atoms with E-state index in [-0.39, 0.29) is 18.0 Å². The summed E-state index contributed by atoms with van der Waals surface area (Å²) < 4.78 is 0. The third-order valence-electron chi connectivity index (χ3n) is 6.35. The van der Waals surface area contributed by atoms with Gasteiger partial charge in [-0.15, -0.1) is 12.4 Å². The smallest absolute Gasteiger partial charge is 0.272 e. The summed E-state index contributed by atoms with van der Waals surface area (Å²) in [4.78, 5) is 12.0. The van der Waals surface area contributed by atoms with Gasteiger partial charge in [0.05, 0.1) is 11.1 Å². The molecule has 1 fully saturated rings. The van der Waals surface area contributed by atoms with E-state index in [4.69, 9.17) is 0 Å². The predicted octanol–water partition coefficient (Wildman–Crippen LogP) is 5.76. The highest BCUT2D eigenvalue weighted by Crippen LogP contribution is 2.26. The third-order valence-corrected chi connectivity index (χ3v) is 6.35. The second-order valence-electron chi connectivity index (χ2n) is 8.72. The lowest BCUT2D eigenvalue weighted by atomic mass is 9.89. The van der Waals surface area contributed by atoms with Crippen LogP contribution in [0.25, 0.3) is 22.0 Å². The summed E-state index contributed by atoms with van der Waals surface area (Å²) in [7, 11) is 0. The van der Waals surface area contributed by atoms with Crippen LogP contribution in [0.4, 0.5) is 5.69 Å². The molecule has 0 saturated heterocycles. The second-order valence-corrected chi connectivity index (χ2v) is 8.72. The normalized spacial score (nSPS) is 14.2. The number of fused-ring (bicyclic) bond motifs is 1. The van der Waals surface area contributed by atoms with Crippen molar-refractivity contribution in [2.24, 2.45) is 5.92 Å². The molecule has 1 aliphatic carbocycles. The van der Waals surface area contributed by atoms with E-state index in [1.54, 1.807) is 0 Å². The maximum absolute atomic E-state index is 12.0. The van der Waals surface area contributed by atoms with Crippen molar-refractivity contribution in [2.75, 3.05) is 25.0 Å². The Bertz CT molecular complexity index is 1030. The van der Waals surface area contributed by atoms with Gasteiger partial charge in [-0.1, -0.05) is 56.0 Å². The molecule has 172 valence electrons. The number of nitrogens with zero attached hydrogens (tertiary/aromatic N) is 1. The third kappa shape index (κ3) is 6.57. The molecule has 0 unspecified atom stereocenters. The molecule has 32 heavy (non-hydrogen) atoms. The number of unbranched alkanes of at least 4 members (excludes halogenated alkanes) is 2. The maximum Gasteiger partial charge on any atom is 0.272 e. The van der Waals surface area contributed by atoms with Gasteiger partial charge >= 0.3 is 0 Å². The maximum atomic E-state index is 12.0. The molecule has 1 saturated carbocycles. The van der Waals surface area contributed by atoms with Crippen molar-refractivity contribution in [3.63, 3.8) is 0 Å². The summed E-state index contributed by atoms with van der Waals surface area (Å²) in [6.07, 6.45) is 10.7. The van der Waals surface area contributed by atoms with Gasteiger partial charge in [0, 0.05) is 23.2 Å². The number of H-pyrrole nitrogens is 1. The average Bonchev–Trinajstić information content (AvgIpc) is 2.82. The zero-order valence-electron chi connectivity index (χ0n) is 18.7. The van der Waals surface area contributed by atoms with Crippen molar-refractivity contribution >= 4 is 28.9 Å². The van der Waals surface area contributed by atoms with E-state index in [1.807, 2.05) is 36.4 Å². The molecule has 6 heteroatoms. The molecule has 5 nitrogen and oxygen atoms in total. The zero-order chi connectivity index (χ0) is 21.3. The molecule has 2 aromatic carbocycles. The molecular weight excluding hydrogens is 420 g/mol. The van der Waals surface area contributed by atoms with Crippen molar-refractivity contribution in [2.45, 2.75) is 51.4 Å². The van der Waals surface area contributed by atoms with Crippen LogP contribution < -0.4 is 16.2 Å². The molecule has 0 spiro atoms. The number of benzene rings is 2. The van der Waals surface area contributed by atoms with Gasteiger partial charge in [-0.25, -0.2) is 5.10 Å². The summed E-state index contributed by atoms with van der Waals surface area (Å²) in [6, 6.07) is 15.9. The number of nitrogens with one attached hydrogen (secondary N) is 3. The molecule has 3 aromatic rings. The van der Waals surface area contributed by atoms with E-state index in [0.717, 1.165) is 47.8 Å². The fourth-order valence-electron chi connectivity index (χ4n) is 4.59. The molecule has 0 bridgehead atoms. The topological polar surface area (TPSA) is 69.8 Å². The van der Waals surface area contributed by atoms with Crippen molar-refractivity contribution in [3.8, 4) is 11.3 Å². The lowest BCUT2D eigenvalue weighted by molar-refractivity contribution is 0.341. The first-order chi connectivity index (χ1) is 15.3. The van der Waals surface area contributed by atoms with Crippen LogP contribution in [0.1, 0.15) is 51.4 Å². The highest BCUT2D eigenvalue weighted by Gasteiger charge is 2.12. The summed E-state index contributed by atoms with van der Waals surface area (Å²) in [5.41, 5.74) is 2.75. The van der Waals surface area contributed by atoms with E-state index < -0.39 is 0 Å². The Balaban J connectivity index is 0.00000289. The molecule has 1 aromatic heterocycles. The van der Waals surface area contributed by atoms with Crippen LogP contribution in [-0.2, 0) is 0 Å². The zero-order valence-corrected chi connectivity index (χ0v) is 19.6. The molecular formula is C26H35ClN4O. The van der Waals surface area contributed by atoms with Crippen LogP contribution in [0.2, 0.25) is 0 Å². The number of rotatable bonds is 10. The van der Waals surface area contributed by atoms with Gasteiger partial charge in [0.15, 0.2) is 0 Å². The van der Waals surface area contributed by atoms with Crippen LogP contribution in [0.5, 0.6) is 0 Å². The van der Waals surface area contributed by atoms with E-state index >= 15 is 0 Å². The fourth-order valence-corrected chi connectivity index (χ4v) is 4.59. The minimum absolute atomic E-state index is 0. The van der Waals surface area contributed by atoms with Gasteiger partial charge in [0.25, 0.3) is 5.56 Å². The first kappa shape index (κ1) is 24.3. The Morgan fingerprint density at radius 1 is 0.906 bits per heavy atom. The highest BCUT2D eigenvalue weighted by molar-refractivity contribution is 5.94. The molecule has 1 heterocycles. The Labute approximate surface area is 196 Å². The number of aromatic nitrogens is 2. The van der Waals surface area contributed by atoms with Crippen molar-refractivity contribution in [1.82, 2.24) is 15.5 Å². The van der Waals surface area contributed by atoms with Gasteiger partial charge in [-0.2, -0.15) is 5.10 Å². The molecule has 4 rings (SSSR count). The minimum Gasteiger partial charge on any atom is -0.385 e. The quantitative estimate of drug-likeness (QED) is 0.340. The first-order valence-corrected chi connectivity index (χ1v) is 11.8. The number of hydrogen-bond acceptors (Lipinski definition) is 4. The van der Waals surface area contributed by atoms with Gasteiger partial charge in [0.1, 0.15) is 0 Å². The average molecular weight is 455 g/mol. The molecule has 0 radical (unpaired) electrons. The van der Waals surface area contributed by atoms with Crippen LogP contribution >= 0.6 is 12.4 Å². The van der Waals surface area contributed by atoms with E-state index in [1.165, 1.54) is 51.5 Å². The summed E-state index contributed by atoms with van der Waals surface area (Å²) in [5.74, 6) is 0.914. The SMILES string of the molecule is Cl.O=c1[nH]nc(-c2cccc(NCCCCCNCC3CCCCC3)c2)c2ccccc12. The Morgan fingerprint density at radius 3 is 2.53 bits per heavy atom. The van der Waals surface area contributed by atoms with E-state index in [0.29, 0.717) is 5.39 Å². The lowest BCUT2D eigenvalue weighted by Gasteiger charge is -2.21. The van der Waals surface area contributed by atoms with Crippen LogP contribution in [0, 0.1) is 5.92 Å². The minimum atomic E-state index is -0.151. The molecule has 3 N–H and O–H groups in total. The van der Waals surface area contributed by atoms with Crippen LogP contribution in [0.3, 0.4) is 0 Å². The first-order valence-electron chi connectivity index (χ1n) is 11.8. The number of hydrogen-bond donors (Lipinski definition) is 3. The van der Waals surface area contributed by atoms with Gasteiger partial charge in [-0.05, 0) is 62.9 Å². The highest BCUT2D eigenvalue weighted by atomic mass is 35.5. The monoisotopic (exact) mass is 454 g/mol. The Kier molecular flexibility index (Phi) is 9.57. The van der Waals surface area contributed by atoms with Crippen molar-refractivity contribution < 1.29 is 0 Å². The molecule has 0 atom stereocenters. The summed E-state index contributed by atoms with van der Waals surface area (Å²) in [5, 5.41) is 15.7. The molecule has 0 amide bonds. The van der Waals surface area contributed by atoms with Crippen LogP contribution in [0.15, 0.2) is 53.3 Å². The summed E-state index contributed by atoms with van der Waals surface area (Å²) in [6.45, 7) is 3.31. The Hall–Kier alpha value is -2.37. The summed E-state index contributed by atoms with van der Waals surface area (Å²) >= 11 is 0. The van der Waals surface area contributed by atoms with E-state index in [9.17, 15) is 4.79 Å². The second kappa shape index (κ2) is 12.6. The molecule has 0 aliphatic heterocycles. The Morgan fingerprint density at radius 2 is 1.69 bits per heavy atom. The van der Waals surface area contributed by atoms with Gasteiger partial charge in [0.2, 0.25) is 0 Å². The predicted molar refractivity (Wildman–Crippen MR) is 137 cm³/mol.